The maximum absolute atomic E-state index is 12.2. The number of amidine groups is 1. The molecule has 9 heteroatoms. The molecule has 0 radical (unpaired) electrons. The van der Waals surface area contributed by atoms with Crippen LogP contribution in [0.15, 0.2) is 64.5 Å². The zero-order chi connectivity index (χ0) is 21.0. The van der Waals surface area contributed by atoms with Crippen LogP contribution in [0.3, 0.4) is 0 Å². The molecule has 0 fully saturated rings. The summed E-state index contributed by atoms with van der Waals surface area (Å²) in [6, 6.07) is 14.5. The minimum Gasteiger partial charge on any atom is -0.454 e. The highest BCUT2D eigenvalue weighted by Crippen LogP contribution is 2.22. The van der Waals surface area contributed by atoms with Gasteiger partial charge in [-0.25, -0.2) is 13.2 Å². The number of nitrogens with one attached hydrogen (secondary N) is 2. The SMILES string of the molecule is C[C@H](NC(=O)COC(=O)[C@@H](C)N=C1NS(=O)(=O)c2ccccc21)c1ccccc1. The van der Waals surface area contributed by atoms with Crippen LogP contribution in [0.1, 0.15) is 31.0 Å². The van der Waals surface area contributed by atoms with Gasteiger partial charge in [0.2, 0.25) is 0 Å². The highest BCUT2D eigenvalue weighted by molar-refractivity contribution is 7.90. The molecule has 0 bridgehead atoms. The summed E-state index contributed by atoms with van der Waals surface area (Å²) in [5.74, 6) is -1.10. The smallest absolute Gasteiger partial charge is 0.331 e. The van der Waals surface area contributed by atoms with E-state index in [9.17, 15) is 18.0 Å². The van der Waals surface area contributed by atoms with Crippen molar-refractivity contribution in [1.29, 1.82) is 0 Å². The molecular weight excluding hydrogens is 394 g/mol. The van der Waals surface area contributed by atoms with Crippen LogP contribution >= 0.6 is 0 Å². The van der Waals surface area contributed by atoms with Crippen molar-refractivity contribution in [3.63, 3.8) is 0 Å². The molecule has 0 aromatic heterocycles. The Bertz CT molecular complexity index is 1050. The molecule has 8 nitrogen and oxygen atoms in total. The first-order valence-corrected chi connectivity index (χ1v) is 10.5. The summed E-state index contributed by atoms with van der Waals surface area (Å²) < 4.78 is 31.5. The van der Waals surface area contributed by atoms with E-state index in [1.807, 2.05) is 37.3 Å². The van der Waals surface area contributed by atoms with E-state index in [-0.39, 0.29) is 16.8 Å². The van der Waals surface area contributed by atoms with Gasteiger partial charge < -0.3 is 10.1 Å². The molecule has 1 amide bonds. The lowest BCUT2D eigenvalue weighted by Crippen LogP contribution is -2.33. The van der Waals surface area contributed by atoms with Gasteiger partial charge in [0, 0.05) is 5.56 Å². The lowest BCUT2D eigenvalue weighted by molar-refractivity contribution is -0.149. The van der Waals surface area contributed by atoms with Gasteiger partial charge >= 0.3 is 5.97 Å². The molecule has 2 aromatic carbocycles. The van der Waals surface area contributed by atoms with Crippen molar-refractivity contribution in [3.05, 3.63) is 65.7 Å². The van der Waals surface area contributed by atoms with Gasteiger partial charge in [-0.2, -0.15) is 0 Å². The summed E-state index contributed by atoms with van der Waals surface area (Å²) in [5, 5.41) is 2.74. The van der Waals surface area contributed by atoms with Crippen LogP contribution in [-0.4, -0.2) is 38.8 Å². The Morgan fingerprint density at radius 1 is 1.07 bits per heavy atom. The quantitative estimate of drug-likeness (QED) is 0.695. The molecule has 0 saturated heterocycles. The van der Waals surface area contributed by atoms with Crippen LogP contribution in [0.4, 0.5) is 0 Å². The average Bonchev–Trinajstić information content (AvgIpc) is 2.97. The number of hydrogen-bond donors (Lipinski definition) is 2. The highest BCUT2D eigenvalue weighted by Gasteiger charge is 2.31. The number of rotatable bonds is 6. The number of carbonyl (C=O) groups is 2. The van der Waals surface area contributed by atoms with E-state index in [0.717, 1.165) is 5.56 Å². The Morgan fingerprint density at radius 3 is 2.45 bits per heavy atom. The van der Waals surface area contributed by atoms with Gasteiger partial charge in [-0.15, -0.1) is 0 Å². The van der Waals surface area contributed by atoms with E-state index in [1.54, 1.807) is 18.2 Å². The van der Waals surface area contributed by atoms with Crippen LogP contribution in [0, 0.1) is 0 Å². The third-order valence-electron chi connectivity index (χ3n) is 4.35. The van der Waals surface area contributed by atoms with Crippen molar-refractivity contribution in [2.24, 2.45) is 4.99 Å². The van der Waals surface area contributed by atoms with Gasteiger partial charge in [-0.3, -0.25) is 14.5 Å². The number of benzene rings is 2. The summed E-state index contributed by atoms with van der Waals surface area (Å²) in [7, 11) is -3.69. The first kappa shape index (κ1) is 20.5. The molecule has 152 valence electrons. The number of amides is 1. The highest BCUT2D eigenvalue weighted by atomic mass is 32.2. The number of ether oxygens (including phenoxy) is 1. The molecule has 2 atom stereocenters. The van der Waals surface area contributed by atoms with Gasteiger partial charge in [-0.05, 0) is 31.5 Å². The molecule has 0 spiro atoms. The van der Waals surface area contributed by atoms with Gasteiger partial charge in [0.1, 0.15) is 11.9 Å². The van der Waals surface area contributed by atoms with E-state index in [4.69, 9.17) is 4.74 Å². The third-order valence-corrected chi connectivity index (χ3v) is 5.75. The van der Waals surface area contributed by atoms with Crippen molar-refractivity contribution in [3.8, 4) is 0 Å². The Hall–Kier alpha value is -3.20. The molecule has 2 N–H and O–H groups in total. The number of carbonyl (C=O) groups excluding carboxylic acids is 2. The average molecular weight is 415 g/mol. The lowest BCUT2D eigenvalue weighted by atomic mass is 10.1. The summed E-state index contributed by atoms with van der Waals surface area (Å²) in [5.41, 5.74) is 1.32. The first-order valence-electron chi connectivity index (χ1n) is 8.99. The van der Waals surface area contributed by atoms with E-state index < -0.39 is 34.5 Å². The standard InChI is InChI=1S/C20H21N3O5S/c1-13(15-8-4-3-5-9-15)21-18(24)12-28-20(25)14(2)22-19-16-10-6-7-11-17(16)29(26,27)23-19/h3-11,13-14H,12H2,1-2H3,(H,21,24)(H,22,23)/t13-,14+/m0/s1. The van der Waals surface area contributed by atoms with Crippen LogP contribution in [0.5, 0.6) is 0 Å². The number of sulfonamides is 1. The second kappa shape index (κ2) is 8.44. The van der Waals surface area contributed by atoms with Crippen molar-refractivity contribution >= 4 is 27.7 Å². The van der Waals surface area contributed by atoms with Gasteiger partial charge in [0.15, 0.2) is 6.61 Å². The fourth-order valence-electron chi connectivity index (χ4n) is 2.84. The normalized spacial score (nSPS) is 17.7. The van der Waals surface area contributed by atoms with E-state index in [2.05, 4.69) is 15.0 Å². The van der Waals surface area contributed by atoms with Crippen LogP contribution in [0.25, 0.3) is 0 Å². The minimum atomic E-state index is -3.69. The number of fused-ring (bicyclic) bond motifs is 1. The largest absolute Gasteiger partial charge is 0.454 e. The minimum absolute atomic E-state index is 0.0761. The Balaban J connectivity index is 1.57. The summed E-state index contributed by atoms with van der Waals surface area (Å²) >= 11 is 0. The Labute approximate surface area is 169 Å². The number of esters is 1. The van der Waals surface area contributed by atoms with Crippen molar-refractivity contribution < 1.29 is 22.7 Å². The fourth-order valence-corrected chi connectivity index (χ4v) is 4.08. The molecule has 29 heavy (non-hydrogen) atoms. The topological polar surface area (TPSA) is 114 Å². The first-order chi connectivity index (χ1) is 13.8. The number of hydrogen-bond acceptors (Lipinski definition) is 6. The van der Waals surface area contributed by atoms with Crippen LogP contribution in [0.2, 0.25) is 0 Å². The summed E-state index contributed by atoms with van der Waals surface area (Å²) in [6.07, 6.45) is 0. The Morgan fingerprint density at radius 2 is 1.72 bits per heavy atom. The van der Waals surface area contributed by atoms with Gasteiger partial charge in [0.05, 0.1) is 10.9 Å². The van der Waals surface area contributed by atoms with Crippen LogP contribution in [-0.2, 0) is 24.3 Å². The predicted molar refractivity (Wildman–Crippen MR) is 107 cm³/mol. The second-order valence-corrected chi connectivity index (χ2v) is 8.21. The lowest BCUT2D eigenvalue weighted by Gasteiger charge is -2.15. The molecule has 1 aliphatic heterocycles. The zero-order valence-electron chi connectivity index (χ0n) is 16.0. The summed E-state index contributed by atoms with van der Waals surface area (Å²) in [6.45, 7) is 2.84. The number of nitrogens with zero attached hydrogens (tertiary/aromatic N) is 1. The maximum Gasteiger partial charge on any atom is 0.331 e. The summed E-state index contributed by atoms with van der Waals surface area (Å²) in [4.78, 5) is 28.4. The van der Waals surface area contributed by atoms with E-state index in [0.29, 0.717) is 5.56 Å². The maximum atomic E-state index is 12.2. The molecule has 0 unspecified atom stereocenters. The second-order valence-electron chi connectivity index (χ2n) is 6.56. The van der Waals surface area contributed by atoms with Gasteiger partial charge in [0.25, 0.3) is 15.9 Å². The predicted octanol–water partition coefficient (Wildman–Crippen LogP) is 1.53. The zero-order valence-corrected chi connectivity index (χ0v) is 16.8. The van der Waals surface area contributed by atoms with E-state index in [1.165, 1.54) is 13.0 Å². The van der Waals surface area contributed by atoms with Gasteiger partial charge in [-0.1, -0.05) is 42.5 Å². The molecule has 2 aromatic rings. The molecule has 1 aliphatic rings. The Kier molecular flexibility index (Phi) is 5.97. The molecule has 1 heterocycles. The van der Waals surface area contributed by atoms with Crippen molar-refractivity contribution in [1.82, 2.24) is 10.0 Å². The van der Waals surface area contributed by atoms with Crippen molar-refractivity contribution in [2.75, 3.05) is 6.61 Å². The number of aliphatic imine (C=N–C) groups is 1. The van der Waals surface area contributed by atoms with Crippen LogP contribution < -0.4 is 10.0 Å². The van der Waals surface area contributed by atoms with E-state index >= 15 is 0 Å². The molecular formula is C20H21N3O5S. The molecule has 0 aliphatic carbocycles. The van der Waals surface area contributed by atoms with Crippen molar-refractivity contribution in [2.45, 2.75) is 30.8 Å². The third kappa shape index (κ3) is 4.80. The fraction of sp³-hybridized carbons (Fsp3) is 0.250. The monoisotopic (exact) mass is 415 g/mol. The molecule has 0 saturated carbocycles. The molecule has 3 rings (SSSR count).